The topological polar surface area (TPSA) is 72.2 Å². The van der Waals surface area contributed by atoms with E-state index in [0.29, 0.717) is 16.5 Å². The first kappa shape index (κ1) is 12.4. The minimum Gasteiger partial charge on any atom is -0.399 e. The van der Waals surface area contributed by atoms with Crippen molar-refractivity contribution >= 4 is 15.7 Å². The van der Waals surface area contributed by atoms with Crippen molar-refractivity contribution < 1.29 is 8.42 Å². The van der Waals surface area contributed by atoms with E-state index in [9.17, 15) is 8.42 Å². The summed E-state index contributed by atoms with van der Waals surface area (Å²) in [6.07, 6.45) is 1.85. The summed E-state index contributed by atoms with van der Waals surface area (Å²) in [6.45, 7) is 3.93. The summed E-state index contributed by atoms with van der Waals surface area (Å²) in [5.41, 5.74) is 7.07. The molecule has 0 unspecified atom stereocenters. The Balaban J connectivity index is 2.17. The highest BCUT2D eigenvalue weighted by atomic mass is 32.2. The molecule has 1 aromatic carbocycles. The Kier molecular flexibility index (Phi) is 3.14. The molecule has 4 nitrogen and oxygen atoms in total. The van der Waals surface area contributed by atoms with Gasteiger partial charge in [0.2, 0.25) is 10.0 Å². The number of hydrogen-bond acceptors (Lipinski definition) is 3. The van der Waals surface area contributed by atoms with Crippen LogP contribution in [0.3, 0.4) is 0 Å². The smallest absolute Gasteiger partial charge is 0.240 e. The van der Waals surface area contributed by atoms with Gasteiger partial charge in [-0.05, 0) is 49.4 Å². The summed E-state index contributed by atoms with van der Waals surface area (Å²) in [4.78, 5) is 0.295. The summed E-state index contributed by atoms with van der Waals surface area (Å²) in [5.74, 6) is 0.621. The summed E-state index contributed by atoms with van der Waals surface area (Å²) < 4.78 is 26.8. The maximum Gasteiger partial charge on any atom is 0.240 e. The Bertz CT molecular complexity index is 519. The zero-order chi connectivity index (χ0) is 12.6. The van der Waals surface area contributed by atoms with Gasteiger partial charge in [-0.3, -0.25) is 0 Å². The van der Waals surface area contributed by atoms with Crippen LogP contribution in [-0.4, -0.2) is 14.5 Å². The standard InChI is InChI=1S/C12H18N2O2S/c1-8-5-10(6-8)14-17(15,16)11-3-4-12(13)9(2)7-11/h3-4,7-8,10,14H,5-6,13H2,1-2H3. The summed E-state index contributed by atoms with van der Waals surface area (Å²) in [7, 11) is -3.39. The Hall–Kier alpha value is -1.07. The molecule has 0 spiro atoms. The highest BCUT2D eigenvalue weighted by Crippen LogP contribution is 2.28. The van der Waals surface area contributed by atoms with Crippen LogP contribution in [0.15, 0.2) is 23.1 Å². The van der Waals surface area contributed by atoms with Gasteiger partial charge in [-0.1, -0.05) is 6.92 Å². The van der Waals surface area contributed by atoms with Crippen LogP contribution in [0.25, 0.3) is 0 Å². The van der Waals surface area contributed by atoms with Gasteiger partial charge in [0, 0.05) is 11.7 Å². The van der Waals surface area contributed by atoms with E-state index in [1.54, 1.807) is 25.1 Å². The molecule has 1 aliphatic rings. The van der Waals surface area contributed by atoms with Crippen LogP contribution in [0.2, 0.25) is 0 Å². The third kappa shape index (κ3) is 2.61. The first-order valence-electron chi connectivity index (χ1n) is 5.77. The van der Waals surface area contributed by atoms with Crippen LogP contribution in [-0.2, 0) is 10.0 Å². The first-order chi connectivity index (χ1) is 7.88. The number of rotatable bonds is 3. The van der Waals surface area contributed by atoms with Gasteiger partial charge in [0.25, 0.3) is 0 Å². The van der Waals surface area contributed by atoms with E-state index in [2.05, 4.69) is 11.6 Å². The lowest BCUT2D eigenvalue weighted by atomic mass is 9.83. The number of nitrogens with one attached hydrogen (secondary N) is 1. The van der Waals surface area contributed by atoms with Crippen LogP contribution < -0.4 is 10.5 Å². The lowest BCUT2D eigenvalue weighted by molar-refractivity contribution is 0.270. The summed E-state index contributed by atoms with van der Waals surface area (Å²) in [6, 6.07) is 4.88. The van der Waals surface area contributed by atoms with Crippen molar-refractivity contribution in [2.75, 3.05) is 5.73 Å². The summed E-state index contributed by atoms with van der Waals surface area (Å²) >= 11 is 0. The van der Waals surface area contributed by atoms with Crippen LogP contribution in [0.1, 0.15) is 25.3 Å². The molecule has 1 aliphatic carbocycles. The molecule has 3 N–H and O–H groups in total. The van der Waals surface area contributed by atoms with Crippen molar-refractivity contribution in [3.63, 3.8) is 0 Å². The number of nitrogens with two attached hydrogens (primary N) is 1. The van der Waals surface area contributed by atoms with Crippen molar-refractivity contribution in [2.24, 2.45) is 5.92 Å². The third-order valence-electron chi connectivity index (χ3n) is 3.25. The molecular weight excluding hydrogens is 236 g/mol. The predicted octanol–water partition coefficient (Wildman–Crippen LogP) is 1.65. The molecular formula is C12H18N2O2S. The van der Waals surface area contributed by atoms with E-state index >= 15 is 0 Å². The highest BCUT2D eigenvalue weighted by Gasteiger charge is 2.29. The van der Waals surface area contributed by atoms with Gasteiger partial charge >= 0.3 is 0 Å². The van der Waals surface area contributed by atoms with E-state index < -0.39 is 10.0 Å². The van der Waals surface area contributed by atoms with Gasteiger partial charge in [0.15, 0.2) is 0 Å². The van der Waals surface area contributed by atoms with Crippen LogP contribution in [0.4, 0.5) is 5.69 Å². The molecule has 2 rings (SSSR count). The van der Waals surface area contributed by atoms with Gasteiger partial charge in [-0.15, -0.1) is 0 Å². The Morgan fingerprint density at radius 1 is 1.35 bits per heavy atom. The Labute approximate surface area is 102 Å². The van der Waals surface area contributed by atoms with Crippen LogP contribution in [0.5, 0.6) is 0 Å². The second kappa shape index (κ2) is 4.31. The van der Waals surface area contributed by atoms with Crippen LogP contribution >= 0.6 is 0 Å². The fourth-order valence-corrected chi connectivity index (χ4v) is 3.45. The average Bonchev–Trinajstić information content (AvgIpc) is 2.19. The Morgan fingerprint density at radius 2 is 2.00 bits per heavy atom. The zero-order valence-corrected chi connectivity index (χ0v) is 10.9. The van der Waals surface area contributed by atoms with Crippen molar-refractivity contribution in [3.05, 3.63) is 23.8 Å². The summed E-state index contributed by atoms with van der Waals surface area (Å²) in [5, 5.41) is 0. The molecule has 0 bridgehead atoms. The lowest BCUT2D eigenvalue weighted by Crippen LogP contribution is -2.43. The number of sulfonamides is 1. The largest absolute Gasteiger partial charge is 0.399 e. The van der Waals surface area contributed by atoms with Crippen molar-refractivity contribution in [1.82, 2.24) is 4.72 Å². The van der Waals surface area contributed by atoms with Gasteiger partial charge < -0.3 is 5.73 Å². The van der Waals surface area contributed by atoms with Crippen molar-refractivity contribution in [3.8, 4) is 0 Å². The van der Waals surface area contributed by atoms with Gasteiger partial charge in [0.05, 0.1) is 4.90 Å². The number of hydrogen-bond donors (Lipinski definition) is 2. The molecule has 1 saturated carbocycles. The zero-order valence-electron chi connectivity index (χ0n) is 10.1. The van der Waals surface area contributed by atoms with Crippen LogP contribution in [0, 0.1) is 12.8 Å². The molecule has 5 heteroatoms. The molecule has 0 aliphatic heterocycles. The fraction of sp³-hybridized carbons (Fsp3) is 0.500. The minimum atomic E-state index is -3.39. The van der Waals surface area contributed by atoms with Gasteiger partial charge in [-0.25, -0.2) is 13.1 Å². The molecule has 0 saturated heterocycles. The van der Waals surface area contributed by atoms with E-state index in [-0.39, 0.29) is 6.04 Å². The second-order valence-corrected chi connectivity index (χ2v) is 6.63. The number of benzene rings is 1. The minimum absolute atomic E-state index is 0.0906. The van der Waals surface area contributed by atoms with Crippen molar-refractivity contribution in [1.29, 1.82) is 0 Å². The lowest BCUT2D eigenvalue weighted by Gasteiger charge is -2.32. The number of anilines is 1. The van der Waals surface area contributed by atoms with E-state index in [1.165, 1.54) is 0 Å². The molecule has 0 aromatic heterocycles. The molecule has 0 atom stereocenters. The second-order valence-electron chi connectivity index (χ2n) is 4.91. The first-order valence-corrected chi connectivity index (χ1v) is 7.25. The maximum atomic E-state index is 12.1. The Morgan fingerprint density at radius 3 is 2.53 bits per heavy atom. The third-order valence-corrected chi connectivity index (χ3v) is 4.77. The highest BCUT2D eigenvalue weighted by molar-refractivity contribution is 7.89. The maximum absolute atomic E-state index is 12.1. The predicted molar refractivity (Wildman–Crippen MR) is 68.1 cm³/mol. The monoisotopic (exact) mass is 254 g/mol. The number of nitrogen functional groups attached to an aromatic ring is 1. The SMILES string of the molecule is Cc1cc(S(=O)(=O)NC2CC(C)C2)ccc1N. The van der Waals surface area contributed by atoms with E-state index in [1.807, 2.05) is 0 Å². The van der Waals surface area contributed by atoms with E-state index in [4.69, 9.17) is 5.73 Å². The number of aryl methyl sites for hydroxylation is 1. The molecule has 1 fully saturated rings. The molecule has 1 aromatic rings. The fourth-order valence-electron chi connectivity index (χ4n) is 2.10. The molecule has 0 radical (unpaired) electrons. The van der Waals surface area contributed by atoms with Crippen molar-refractivity contribution in [2.45, 2.75) is 37.6 Å². The van der Waals surface area contributed by atoms with Gasteiger partial charge in [-0.2, -0.15) is 0 Å². The molecule has 17 heavy (non-hydrogen) atoms. The molecule has 0 amide bonds. The molecule has 94 valence electrons. The van der Waals surface area contributed by atoms with E-state index in [0.717, 1.165) is 18.4 Å². The normalized spacial score (nSPS) is 24.4. The molecule has 0 heterocycles. The average molecular weight is 254 g/mol. The van der Waals surface area contributed by atoms with Gasteiger partial charge in [0.1, 0.15) is 0 Å². The quantitative estimate of drug-likeness (QED) is 0.806.